The Hall–Kier alpha value is -0.900. The Morgan fingerprint density at radius 3 is 2.30 bits per heavy atom. The van der Waals surface area contributed by atoms with Crippen LogP contribution in [0.1, 0.15) is 67.7 Å². The van der Waals surface area contributed by atoms with Crippen LogP contribution in [0.25, 0.3) is 0 Å². The first-order valence-corrected chi connectivity index (χ1v) is 9.00. The smallest absolute Gasteiger partial charge is 0.323 e. The molecular weight excluding hydrogens is 290 g/mol. The lowest BCUT2D eigenvalue weighted by molar-refractivity contribution is -0.157. The highest BCUT2D eigenvalue weighted by molar-refractivity contribution is 5.84. The van der Waals surface area contributed by atoms with Crippen LogP contribution in [0.15, 0.2) is 0 Å². The third-order valence-corrected chi connectivity index (χ3v) is 4.78. The molecule has 0 unspecified atom stereocenters. The molecule has 1 fully saturated rings. The molecule has 4 heteroatoms. The van der Waals surface area contributed by atoms with Crippen molar-refractivity contribution in [2.45, 2.75) is 79.4 Å². The second kappa shape index (κ2) is 8.27. The molecule has 0 heterocycles. The van der Waals surface area contributed by atoms with Crippen LogP contribution < -0.4 is 5.32 Å². The summed E-state index contributed by atoms with van der Waals surface area (Å²) in [5, 5.41) is 3.05. The van der Waals surface area contributed by atoms with Crippen molar-refractivity contribution in [3.8, 4) is 0 Å². The molecule has 0 saturated heterocycles. The van der Waals surface area contributed by atoms with Gasteiger partial charge in [-0.2, -0.15) is 0 Å². The third kappa shape index (κ3) is 6.62. The van der Waals surface area contributed by atoms with Crippen LogP contribution in [0, 0.1) is 23.7 Å². The molecule has 0 aliphatic heterocycles. The van der Waals surface area contributed by atoms with Gasteiger partial charge in [0, 0.05) is 5.92 Å². The molecule has 0 bridgehead atoms. The summed E-state index contributed by atoms with van der Waals surface area (Å²) in [4.78, 5) is 24.6. The molecule has 1 N–H and O–H groups in total. The Labute approximate surface area is 141 Å². The molecule has 23 heavy (non-hydrogen) atoms. The second-order valence-corrected chi connectivity index (χ2v) is 8.53. The predicted molar refractivity (Wildman–Crippen MR) is 93.1 cm³/mol. The highest BCUT2D eigenvalue weighted by atomic mass is 16.6. The lowest BCUT2D eigenvalue weighted by Gasteiger charge is -2.36. The van der Waals surface area contributed by atoms with Crippen molar-refractivity contribution in [1.29, 1.82) is 0 Å². The van der Waals surface area contributed by atoms with Crippen molar-refractivity contribution < 1.29 is 14.3 Å². The topological polar surface area (TPSA) is 55.4 Å². The van der Waals surface area contributed by atoms with Gasteiger partial charge < -0.3 is 4.74 Å². The second-order valence-electron chi connectivity index (χ2n) is 8.53. The van der Waals surface area contributed by atoms with E-state index in [2.05, 4.69) is 26.1 Å². The molecule has 1 aliphatic carbocycles. The molecule has 134 valence electrons. The first kappa shape index (κ1) is 20.1. The Bertz CT molecular complexity index is 411. The highest BCUT2D eigenvalue weighted by Crippen LogP contribution is 2.38. The standard InChI is InChI=1S/C19H35NO3/c1-12(2)15-9-8-13(3)10-16(15)17(21)11-20-14(4)18(22)23-19(5,6)7/h12-16,20H,8-11H2,1-7H3/t13-,14-,15+,16-/m1/s1. The number of hydrogen-bond donors (Lipinski definition) is 1. The van der Waals surface area contributed by atoms with Gasteiger partial charge in [0.2, 0.25) is 0 Å². The van der Waals surface area contributed by atoms with E-state index in [9.17, 15) is 9.59 Å². The third-order valence-electron chi connectivity index (χ3n) is 4.78. The number of Topliss-reactive ketones (excluding diaryl/α,β-unsaturated/α-hetero) is 1. The first-order chi connectivity index (χ1) is 10.5. The van der Waals surface area contributed by atoms with E-state index in [-0.39, 0.29) is 24.2 Å². The molecule has 0 aromatic heterocycles. The van der Waals surface area contributed by atoms with E-state index in [4.69, 9.17) is 4.74 Å². The number of esters is 1. The maximum atomic E-state index is 12.7. The SMILES string of the molecule is CC(C)[C@@H]1CC[C@@H](C)C[C@H]1C(=O)CN[C@H](C)C(=O)OC(C)(C)C. The molecule has 0 aromatic carbocycles. The van der Waals surface area contributed by atoms with Gasteiger partial charge in [-0.3, -0.25) is 14.9 Å². The predicted octanol–water partition coefficient (Wildman–Crippen LogP) is 3.58. The summed E-state index contributed by atoms with van der Waals surface area (Å²) >= 11 is 0. The molecule has 1 saturated carbocycles. The molecule has 4 atom stereocenters. The minimum Gasteiger partial charge on any atom is -0.459 e. The summed E-state index contributed by atoms with van der Waals surface area (Å²) in [6, 6.07) is -0.461. The average molecular weight is 325 g/mol. The van der Waals surface area contributed by atoms with Crippen molar-refractivity contribution in [1.82, 2.24) is 5.32 Å². The number of ether oxygens (including phenoxy) is 1. The Morgan fingerprint density at radius 1 is 1.17 bits per heavy atom. The number of carbonyl (C=O) groups excluding carboxylic acids is 2. The highest BCUT2D eigenvalue weighted by Gasteiger charge is 2.35. The summed E-state index contributed by atoms with van der Waals surface area (Å²) in [6.07, 6.45) is 3.33. The maximum Gasteiger partial charge on any atom is 0.323 e. The average Bonchev–Trinajstić information content (AvgIpc) is 2.41. The largest absolute Gasteiger partial charge is 0.459 e. The fourth-order valence-electron chi connectivity index (χ4n) is 3.43. The van der Waals surface area contributed by atoms with E-state index >= 15 is 0 Å². The Morgan fingerprint density at radius 2 is 1.78 bits per heavy atom. The summed E-state index contributed by atoms with van der Waals surface area (Å²) in [5.41, 5.74) is -0.501. The number of nitrogens with one attached hydrogen (secondary N) is 1. The van der Waals surface area contributed by atoms with Crippen LogP contribution in [-0.4, -0.2) is 29.9 Å². The van der Waals surface area contributed by atoms with Gasteiger partial charge in [0.25, 0.3) is 0 Å². The zero-order valence-electron chi connectivity index (χ0n) is 15.9. The molecule has 4 nitrogen and oxygen atoms in total. The fraction of sp³-hybridized carbons (Fsp3) is 0.895. The summed E-state index contributed by atoms with van der Waals surface area (Å²) < 4.78 is 5.34. The van der Waals surface area contributed by atoms with Gasteiger partial charge in [-0.1, -0.05) is 27.2 Å². The van der Waals surface area contributed by atoms with Crippen molar-refractivity contribution in [3.63, 3.8) is 0 Å². The van der Waals surface area contributed by atoms with Crippen LogP contribution in [0.4, 0.5) is 0 Å². The van der Waals surface area contributed by atoms with Crippen molar-refractivity contribution in [3.05, 3.63) is 0 Å². The fourth-order valence-corrected chi connectivity index (χ4v) is 3.43. The van der Waals surface area contributed by atoms with Gasteiger partial charge in [0.15, 0.2) is 0 Å². The van der Waals surface area contributed by atoms with Gasteiger partial charge in [-0.05, 0) is 58.3 Å². The summed E-state index contributed by atoms with van der Waals surface area (Å²) in [5.74, 6) is 1.67. The van der Waals surface area contributed by atoms with Gasteiger partial charge >= 0.3 is 5.97 Å². The van der Waals surface area contributed by atoms with Crippen LogP contribution >= 0.6 is 0 Å². The summed E-state index contributed by atoms with van der Waals surface area (Å²) in [7, 11) is 0. The molecule has 1 rings (SSSR count). The lowest BCUT2D eigenvalue weighted by atomic mass is 9.68. The minimum atomic E-state index is -0.501. The molecule has 0 spiro atoms. The monoisotopic (exact) mass is 325 g/mol. The molecule has 0 aromatic rings. The summed E-state index contributed by atoms with van der Waals surface area (Å²) in [6.45, 7) is 14.2. The Balaban J connectivity index is 2.55. The van der Waals surface area contributed by atoms with Crippen LogP contribution in [0.3, 0.4) is 0 Å². The van der Waals surface area contributed by atoms with Gasteiger partial charge in [0.1, 0.15) is 17.4 Å². The normalized spacial score (nSPS) is 26.9. The quantitative estimate of drug-likeness (QED) is 0.758. The molecular formula is C19H35NO3. The first-order valence-electron chi connectivity index (χ1n) is 9.00. The van der Waals surface area contributed by atoms with Crippen molar-refractivity contribution in [2.75, 3.05) is 6.54 Å². The van der Waals surface area contributed by atoms with E-state index in [0.717, 1.165) is 12.8 Å². The number of carbonyl (C=O) groups is 2. The maximum absolute atomic E-state index is 12.7. The number of rotatable bonds is 6. The zero-order valence-corrected chi connectivity index (χ0v) is 15.9. The van der Waals surface area contributed by atoms with E-state index < -0.39 is 11.6 Å². The minimum absolute atomic E-state index is 0.122. The number of ketones is 1. The van der Waals surface area contributed by atoms with Crippen LogP contribution in [0.5, 0.6) is 0 Å². The van der Waals surface area contributed by atoms with E-state index in [0.29, 0.717) is 17.8 Å². The van der Waals surface area contributed by atoms with Gasteiger partial charge in [-0.25, -0.2) is 0 Å². The molecule has 0 radical (unpaired) electrons. The van der Waals surface area contributed by atoms with Gasteiger partial charge in [-0.15, -0.1) is 0 Å². The van der Waals surface area contributed by atoms with Crippen LogP contribution in [0.2, 0.25) is 0 Å². The van der Waals surface area contributed by atoms with E-state index in [1.54, 1.807) is 6.92 Å². The van der Waals surface area contributed by atoms with E-state index in [1.807, 2.05) is 20.8 Å². The van der Waals surface area contributed by atoms with Crippen molar-refractivity contribution >= 4 is 11.8 Å². The molecule has 1 aliphatic rings. The molecule has 0 amide bonds. The lowest BCUT2D eigenvalue weighted by Crippen LogP contribution is -2.44. The number of hydrogen-bond acceptors (Lipinski definition) is 4. The van der Waals surface area contributed by atoms with Crippen LogP contribution in [-0.2, 0) is 14.3 Å². The van der Waals surface area contributed by atoms with Crippen molar-refractivity contribution in [2.24, 2.45) is 23.7 Å². The van der Waals surface area contributed by atoms with Gasteiger partial charge in [0.05, 0.1) is 6.54 Å². The Kier molecular flexibility index (Phi) is 7.25. The van der Waals surface area contributed by atoms with E-state index in [1.165, 1.54) is 6.42 Å². The zero-order chi connectivity index (χ0) is 17.8.